The summed E-state index contributed by atoms with van der Waals surface area (Å²) < 4.78 is 2.42. The summed E-state index contributed by atoms with van der Waals surface area (Å²) in [6.07, 6.45) is 0. The first kappa shape index (κ1) is 30.3. The Hall–Kier alpha value is -7.37. The van der Waals surface area contributed by atoms with E-state index in [4.69, 9.17) is 15.0 Å². The summed E-state index contributed by atoms with van der Waals surface area (Å²) in [4.78, 5) is 17.8. The van der Waals surface area contributed by atoms with Gasteiger partial charge in [-0.05, 0) is 48.0 Å². The van der Waals surface area contributed by atoms with E-state index in [1.807, 2.05) is 36.4 Å². The third-order valence-corrected chi connectivity index (χ3v) is 10.6. The van der Waals surface area contributed by atoms with Crippen LogP contribution in [0.25, 0.3) is 83.6 Å². The van der Waals surface area contributed by atoms with Gasteiger partial charge in [0, 0.05) is 49.5 Å². The SMILES string of the molecule is c1ccc(-c2nc(-c3ccccc3)nc(-c3cccc4c3-c3cccc5c(-n6c7ccccc7c7ccccc76)ccc(c35)N4c3ccccc3)n2)cc1. The molecule has 10 aromatic rings. The minimum Gasteiger partial charge on any atom is -0.309 e. The third kappa shape index (κ3) is 4.62. The second-order valence-corrected chi connectivity index (χ2v) is 13.6. The van der Waals surface area contributed by atoms with Crippen molar-refractivity contribution < 1.29 is 0 Å². The predicted molar refractivity (Wildman–Crippen MR) is 222 cm³/mol. The summed E-state index contributed by atoms with van der Waals surface area (Å²) in [5.41, 5.74) is 11.9. The second-order valence-electron chi connectivity index (χ2n) is 13.6. The van der Waals surface area contributed by atoms with Gasteiger partial charge in [-0.25, -0.2) is 15.0 Å². The molecule has 0 atom stereocenters. The summed E-state index contributed by atoms with van der Waals surface area (Å²) in [5.74, 6) is 1.91. The first-order valence-corrected chi connectivity index (χ1v) is 18.2. The first-order valence-electron chi connectivity index (χ1n) is 18.2. The molecule has 5 heteroatoms. The lowest BCUT2D eigenvalue weighted by Gasteiger charge is -2.35. The van der Waals surface area contributed by atoms with Gasteiger partial charge in [-0.2, -0.15) is 0 Å². The molecule has 0 spiro atoms. The maximum absolute atomic E-state index is 5.21. The Labute approximate surface area is 312 Å². The van der Waals surface area contributed by atoms with Gasteiger partial charge >= 0.3 is 0 Å². The molecule has 5 nitrogen and oxygen atoms in total. The Morgan fingerprint density at radius 1 is 0.333 bits per heavy atom. The number of hydrogen-bond donors (Lipinski definition) is 0. The van der Waals surface area contributed by atoms with Gasteiger partial charge < -0.3 is 9.47 Å². The molecule has 0 unspecified atom stereocenters. The number of anilines is 3. The average molecular weight is 690 g/mol. The van der Waals surface area contributed by atoms with Gasteiger partial charge in [0.25, 0.3) is 0 Å². The minimum atomic E-state index is 0.631. The number of benzene rings is 8. The van der Waals surface area contributed by atoms with E-state index < -0.39 is 0 Å². The number of hydrogen-bond acceptors (Lipinski definition) is 4. The minimum absolute atomic E-state index is 0.631. The van der Waals surface area contributed by atoms with Crippen LogP contribution in [0.1, 0.15) is 0 Å². The van der Waals surface area contributed by atoms with E-state index in [1.54, 1.807) is 0 Å². The van der Waals surface area contributed by atoms with Crippen LogP contribution in [-0.4, -0.2) is 19.5 Å². The van der Waals surface area contributed by atoms with Gasteiger partial charge in [-0.3, -0.25) is 0 Å². The van der Waals surface area contributed by atoms with E-state index in [2.05, 4.69) is 161 Å². The van der Waals surface area contributed by atoms with Crippen molar-refractivity contribution in [2.75, 3.05) is 4.90 Å². The third-order valence-electron chi connectivity index (χ3n) is 10.6. The molecule has 0 fully saturated rings. The summed E-state index contributed by atoms with van der Waals surface area (Å²) in [6, 6.07) is 66.2. The predicted octanol–water partition coefficient (Wildman–Crippen LogP) is 12.6. The number of rotatable bonds is 5. The standard InChI is InChI=1S/C49H31N5/c1-4-16-32(17-5-1)47-50-48(33-18-6-2-7-19-33)52-49(51-47)39-26-15-29-43-46(39)38-25-14-24-37-42(30-31-44(45(37)38)53(43)34-20-8-3-9-21-34)54-40-27-12-10-22-35(40)36-23-11-13-28-41(36)54/h1-31H. The summed E-state index contributed by atoms with van der Waals surface area (Å²) in [6.45, 7) is 0. The largest absolute Gasteiger partial charge is 0.309 e. The Balaban J connectivity index is 1.23. The van der Waals surface area contributed by atoms with E-state index in [0.29, 0.717) is 17.5 Å². The van der Waals surface area contributed by atoms with Crippen LogP contribution < -0.4 is 4.90 Å². The molecule has 1 aliphatic rings. The highest BCUT2D eigenvalue weighted by Gasteiger charge is 2.30. The van der Waals surface area contributed by atoms with Crippen molar-refractivity contribution in [3.63, 3.8) is 0 Å². The van der Waals surface area contributed by atoms with Gasteiger partial charge in [-0.15, -0.1) is 0 Å². The van der Waals surface area contributed by atoms with Crippen molar-refractivity contribution in [1.29, 1.82) is 0 Å². The lowest BCUT2D eigenvalue weighted by atomic mass is 9.87. The fourth-order valence-corrected chi connectivity index (χ4v) is 8.25. The summed E-state index contributed by atoms with van der Waals surface area (Å²) in [7, 11) is 0. The smallest absolute Gasteiger partial charge is 0.164 e. The normalized spacial score (nSPS) is 12.0. The molecule has 252 valence electrons. The number of aromatic nitrogens is 4. The monoisotopic (exact) mass is 689 g/mol. The van der Waals surface area contributed by atoms with Crippen molar-refractivity contribution >= 4 is 49.6 Å². The van der Waals surface area contributed by atoms with Crippen LogP contribution in [0.15, 0.2) is 188 Å². The molecule has 0 radical (unpaired) electrons. The highest BCUT2D eigenvalue weighted by Crippen LogP contribution is 2.54. The molecule has 0 amide bonds. The van der Waals surface area contributed by atoms with Crippen molar-refractivity contribution in [3.8, 4) is 51.0 Å². The Morgan fingerprint density at radius 2 is 0.833 bits per heavy atom. The quantitative estimate of drug-likeness (QED) is 0.180. The van der Waals surface area contributed by atoms with Crippen LogP contribution in [0.2, 0.25) is 0 Å². The van der Waals surface area contributed by atoms with E-state index in [-0.39, 0.29) is 0 Å². The lowest BCUT2D eigenvalue weighted by Crippen LogP contribution is -2.16. The van der Waals surface area contributed by atoms with E-state index in [0.717, 1.165) is 50.6 Å². The second kappa shape index (κ2) is 12.1. The number of fused-ring (bicyclic) bond motifs is 5. The topological polar surface area (TPSA) is 46.8 Å². The van der Waals surface area contributed by atoms with Crippen LogP contribution >= 0.6 is 0 Å². The van der Waals surface area contributed by atoms with Crippen LogP contribution in [0, 0.1) is 0 Å². The lowest BCUT2D eigenvalue weighted by molar-refractivity contribution is 1.07. The molecule has 1 aliphatic heterocycles. The van der Waals surface area contributed by atoms with Crippen LogP contribution in [-0.2, 0) is 0 Å². The van der Waals surface area contributed by atoms with Gasteiger partial charge in [0.05, 0.1) is 28.1 Å². The number of nitrogens with zero attached hydrogens (tertiary/aromatic N) is 5. The van der Waals surface area contributed by atoms with E-state index >= 15 is 0 Å². The van der Waals surface area contributed by atoms with Crippen molar-refractivity contribution in [2.45, 2.75) is 0 Å². The van der Waals surface area contributed by atoms with Gasteiger partial charge in [0.2, 0.25) is 0 Å². The first-order chi connectivity index (χ1) is 26.8. The van der Waals surface area contributed by atoms with Crippen molar-refractivity contribution in [2.24, 2.45) is 0 Å². The fraction of sp³-hybridized carbons (Fsp3) is 0. The summed E-state index contributed by atoms with van der Waals surface area (Å²) >= 11 is 0. The van der Waals surface area contributed by atoms with E-state index in [9.17, 15) is 0 Å². The molecule has 0 saturated heterocycles. The zero-order chi connectivity index (χ0) is 35.6. The maximum atomic E-state index is 5.21. The fourth-order valence-electron chi connectivity index (χ4n) is 8.25. The molecule has 2 aromatic heterocycles. The Bertz CT molecular complexity index is 2930. The van der Waals surface area contributed by atoms with Crippen molar-refractivity contribution in [1.82, 2.24) is 19.5 Å². The molecule has 11 rings (SSSR count). The van der Waals surface area contributed by atoms with Crippen molar-refractivity contribution in [3.05, 3.63) is 188 Å². The van der Waals surface area contributed by atoms with Gasteiger partial charge in [0.1, 0.15) is 0 Å². The zero-order valence-corrected chi connectivity index (χ0v) is 29.1. The van der Waals surface area contributed by atoms with Crippen LogP contribution in [0.3, 0.4) is 0 Å². The zero-order valence-electron chi connectivity index (χ0n) is 29.1. The summed E-state index contributed by atoms with van der Waals surface area (Å²) in [5, 5.41) is 4.83. The molecule has 8 aromatic carbocycles. The maximum Gasteiger partial charge on any atom is 0.164 e. The highest BCUT2D eigenvalue weighted by atomic mass is 15.2. The molecular weight excluding hydrogens is 659 g/mol. The molecule has 0 aliphatic carbocycles. The molecule has 0 saturated carbocycles. The van der Waals surface area contributed by atoms with Gasteiger partial charge in [-0.1, -0.05) is 146 Å². The highest BCUT2D eigenvalue weighted by molar-refractivity contribution is 6.19. The van der Waals surface area contributed by atoms with Crippen LogP contribution in [0.5, 0.6) is 0 Å². The van der Waals surface area contributed by atoms with Gasteiger partial charge in [0.15, 0.2) is 17.5 Å². The molecule has 0 N–H and O–H groups in total. The Kier molecular flexibility index (Phi) is 6.79. The Morgan fingerprint density at radius 3 is 1.48 bits per heavy atom. The molecule has 3 heterocycles. The van der Waals surface area contributed by atoms with E-state index in [1.165, 1.54) is 32.6 Å². The number of para-hydroxylation sites is 3. The van der Waals surface area contributed by atoms with Crippen LogP contribution in [0.4, 0.5) is 17.1 Å². The molecular formula is C49H31N5. The molecule has 54 heavy (non-hydrogen) atoms. The molecule has 0 bridgehead atoms. The average Bonchev–Trinajstić information content (AvgIpc) is 3.58.